The third-order valence-electron chi connectivity index (χ3n) is 4.61. The molecule has 3 heteroatoms. The van der Waals surface area contributed by atoms with Crippen LogP contribution in [0.5, 0.6) is 5.75 Å². The van der Waals surface area contributed by atoms with E-state index in [-0.39, 0.29) is 5.41 Å². The Morgan fingerprint density at radius 1 is 1.30 bits per heavy atom. The van der Waals surface area contributed by atoms with Gasteiger partial charge in [-0.2, -0.15) is 0 Å². The van der Waals surface area contributed by atoms with Crippen molar-refractivity contribution in [1.82, 2.24) is 0 Å². The van der Waals surface area contributed by atoms with Crippen LogP contribution in [0, 0.1) is 0 Å². The standard InChI is InChI=1S/C17H24O3/c1-4-12-10-13(16(18)19)11-14(15(12)20-3)17(2)8-6-5-7-9-17/h10-11H,4-9H2,1-3H3,(H,18,19). The molecule has 0 aromatic heterocycles. The van der Waals surface area contributed by atoms with E-state index in [1.807, 2.05) is 13.0 Å². The zero-order chi connectivity index (χ0) is 14.8. The smallest absolute Gasteiger partial charge is 0.335 e. The number of hydrogen-bond donors (Lipinski definition) is 1. The number of hydrogen-bond acceptors (Lipinski definition) is 2. The van der Waals surface area contributed by atoms with E-state index in [4.69, 9.17) is 4.74 Å². The number of ether oxygens (including phenoxy) is 1. The molecule has 0 atom stereocenters. The predicted molar refractivity (Wildman–Crippen MR) is 79.8 cm³/mol. The Kier molecular flexibility index (Phi) is 4.36. The monoisotopic (exact) mass is 276 g/mol. The molecule has 0 aliphatic heterocycles. The summed E-state index contributed by atoms with van der Waals surface area (Å²) in [5, 5.41) is 9.33. The first-order valence-corrected chi connectivity index (χ1v) is 7.46. The van der Waals surface area contributed by atoms with Crippen LogP contribution < -0.4 is 4.74 Å². The van der Waals surface area contributed by atoms with Crippen LogP contribution in [-0.4, -0.2) is 18.2 Å². The van der Waals surface area contributed by atoms with E-state index in [1.165, 1.54) is 19.3 Å². The molecule has 1 aromatic carbocycles. The summed E-state index contributed by atoms with van der Waals surface area (Å²) < 4.78 is 5.63. The van der Waals surface area contributed by atoms with E-state index in [0.29, 0.717) is 5.56 Å². The third kappa shape index (κ3) is 2.67. The van der Waals surface area contributed by atoms with Crippen molar-refractivity contribution in [3.05, 3.63) is 28.8 Å². The molecule has 0 radical (unpaired) electrons. The largest absolute Gasteiger partial charge is 0.496 e. The fourth-order valence-corrected chi connectivity index (χ4v) is 3.37. The van der Waals surface area contributed by atoms with Crippen molar-refractivity contribution in [2.45, 2.75) is 57.8 Å². The van der Waals surface area contributed by atoms with Gasteiger partial charge in [0.2, 0.25) is 0 Å². The third-order valence-corrected chi connectivity index (χ3v) is 4.61. The second kappa shape index (κ2) is 5.86. The van der Waals surface area contributed by atoms with Crippen molar-refractivity contribution in [1.29, 1.82) is 0 Å². The van der Waals surface area contributed by atoms with Gasteiger partial charge in [0.15, 0.2) is 0 Å². The van der Waals surface area contributed by atoms with Gasteiger partial charge in [0.25, 0.3) is 0 Å². The highest BCUT2D eigenvalue weighted by atomic mass is 16.5. The number of aryl methyl sites for hydroxylation is 1. The van der Waals surface area contributed by atoms with Crippen molar-refractivity contribution in [3.63, 3.8) is 0 Å². The predicted octanol–water partition coefficient (Wildman–Crippen LogP) is 4.18. The average molecular weight is 276 g/mol. The Bertz CT molecular complexity index is 499. The Labute approximate surface area is 121 Å². The summed E-state index contributed by atoms with van der Waals surface area (Å²) in [7, 11) is 1.69. The van der Waals surface area contributed by atoms with Crippen molar-refractivity contribution in [3.8, 4) is 5.75 Å². The van der Waals surface area contributed by atoms with Gasteiger partial charge in [0.05, 0.1) is 12.7 Å². The van der Waals surface area contributed by atoms with Crippen molar-refractivity contribution in [2.24, 2.45) is 0 Å². The summed E-state index contributed by atoms with van der Waals surface area (Å²) >= 11 is 0. The molecular weight excluding hydrogens is 252 g/mol. The van der Waals surface area contributed by atoms with Gasteiger partial charge >= 0.3 is 5.97 Å². The van der Waals surface area contributed by atoms with Gasteiger partial charge in [0, 0.05) is 5.56 Å². The normalized spacial score (nSPS) is 17.8. The average Bonchev–Trinajstić information content (AvgIpc) is 2.46. The van der Waals surface area contributed by atoms with Crippen molar-refractivity contribution in [2.75, 3.05) is 7.11 Å². The Balaban J connectivity index is 2.59. The Morgan fingerprint density at radius 3 is 2.45 bits per heavy atom. The molecule has 110 valence electrons. The molecule has 1 aromatic rings. The van der Waals surface area contributed by atoms with Crippen LogP contribution in [0.4, 0.5) is 0 Å². The van der Waals surface area contributed by atoms with Crippen LogP contribution in [0.15, 0.2) is 12.1 Å². The minimum Gasteiger partial charge on any atom is -0.496 e. The van der Waals surface area contributed by atoms with Crippen LogP contribution in [0.1, 0.15) is 67.4 Å². The summed E-state index contributed by atoms with van der Waals surface area (Å²) in [6.07, 6.45) is 6.69. The lowest BCUT2D eigenvalue weighted by atomic mass is 9.70. The SMILES string of the molecule is CCc1cc(C(=O)O)cc(C2(C)CCCCC2)c1OC. The molecule has 0 amide bonds. The molecule has 1 fully saturated rings. The zero-order valence-electron chi connectivity index (χ0n) is 12.7. The van der Waals surface area contributed by atoms with E-state index in [1.54, 1.807) is 13.2 Å². The first-order valence-electron chi connectivity index (χ1n) is 7.46. The lowest BCUT2D eigenvalue weighted by Gasteiger charge is -2.36. The van der Waals surface area contributed by atoms with Gasteiger partial charge < -0.3 is 9.84 Å². The van der Waals surface area contributed by atoms with Crippen LogP contribution in [0.2, 0.25) is 0 Å². The second-order valence-electron chi connectivity index (χ2n) is 6.00. The highest BCUT2D eigenvalue weighted by molar-refractivity contribution is 5.88. The molecule has 0 unspecified atom stereocenters. The molecule has 2 rings (SSSR count). The highest BCUT2D eigenvalue weighted by Crippen LogP contribution is 2.44. The molecule has 1 aliphatic rings. The summed E-state index contributed by atoms with van der Waals surface area (Å²) in [4.78, 5) is 11.4. The Morgan fingerprint density at radius 2 is 1.95 bits per heavy atom. The van der Waals surface area contributed by atoms with E-state index < -0.39 is 5.97 Å². The molecule has 0 bridgehead atoms. The van der Waals surface area contributed by atoms with Crippen LogP contribution in [0.3, 0.4) is 0 Å². The number of carboxylic acid groups (broad SMARTS) is 1. The quantitative estimate of drug-likeness (QED) is 0.897. The topological polar surface area (TPSA) is 46.5 Å². The number of benzene rings is 1. The lowest BCUT2D eigenvalue weighted by molar-refractivity contribution is 0.0696. The number of carboxylic acids is 1. The van der Waals surface area contributed by atoms with Gasteiger partial charge in [-0.3, -0.25) is 0 Å². The number of methoxy groups -OCH3 is 1. The summed E-state index contributed by atoms with van der Waals surface area (Å²) in [6.45, 7) is 4.28. The van der Waals surface area contributed by atoms with E-state index in [9.17, 15) is 9.90 Å². The second-order valence-corrected chi connectivity index (χ2v) is 6.00. The molecule has 1 N–H and O–H groups in total. The first-order chi connectivity index (χ1) is 9.51. The van der Waals surface area contributed by atoms with E-state index in [2.05, 4.69) is 6.92 Å². The molecule has 0 saturated heterocycles. The molecule has 0 heterocycles. The van der Waals surface area contributed by atoms with Gasteiger partial charge in [-0.1, -0.05) is 33.1 Å². The van der Waals surface area contributed by atoms with Gasteiger partial charge in [-0.15, -0.1) is 0 Å². The molecule has 0 spiro atoms. The number of rotatable bonds is 4. The van der Waals surface area contributed by atoms with Crippen LogP contribution in [-0.2, 0) is 11.8 Å². The zero-order valence-corrected chi connectivity index (χ0v) is 12.7. The lowest BCUT2D eigenvalue weighted by Crippen LogP contribution is -2.26. The van der Waals surface area contributed by atoms with Crippen LogP contribution in [0.25, 0.3) is 0 Å². The maximum absolute atomic E-state index is 11.4. The molecular formula is C17H24O3. The number of aromatic carboxylic acids is 1. The van der Waals surface area contributed by atoms with Gasteiger partial charge in [0.1, 0.15) is 5.75 Å². The highest BCUT2D eigenvalue weighted by Gasteiger charge is 2.33. The maximum atomic E-state index is 11.4. The fourth-order valence-electron chi connectivity index (χ4n) is 3.37. The van der Waals surface area contributed by atoms with E-state index >= 15 is 0 Å². The van der Waals surface area contributed by atoms with Crippen LogP contribution >= 0.6 is 0 Å². The number of carbonyl (C=O) groups is 1. The fraction of sp³-hybridized carbons (Fsp3) is 0.588. The van der Waals surface area contributed by atoms with Gasteiger partial charge in [-0.05, 0) is 42.4 Å². The van der Waals surface area contributed by atoms with Crippen molar-refractivity contribution >= 4 is 5.97 Å². The Hall–Kier alpha value is -1.51. The van der Waals surface area contributed by atoms with E-state index in [0.717, 1.165) is 36.1 Å². The molecule has 20 heavy (non-hydrogen) atoms. The maximum Gasteiger partial charge on any atom is 0.335 e. The summed E-state index contributed by atoms with van der Waals surface area (Å²) in [5.74, 6) is 0.0323. The summed E-state index contributed by atoms with van der Waals surface area (Å²) in [6, 6.07) is 3.57. The van der Waals surface area contributed by atoms with Crippen molar-refractivity contribution < 1.29 is 14.6 Å². The summed E-state index contributed by atoms with van der Waals surface area (Å²) in [5.41, 5.74) is 2.49. The molecule has 3 nitrogen and oxygen atoms in total. The molecule has 1 saturated carbocycles. The van der Waals surface area contributed by atoms with Gasteiger partial charge in [-0.25, -0.2) is 4.79 Å². The minimum absolute atomic E-state index is 0.0406. The minimum atomic E-state index is -0.858. The first kappa shape index (κ1) is 14.9. The molecule has 1 aliphatic carbocycles.